The van der Waals surface area contributed by atoms with Crippen molar-refractivity contribution in [1.82, 2.24) is 0 Å². The fraction of sp³-hybridized carbons (Fsp3) is 0.222. The Morgan fingerprint density at radius 2 is 1.88 bits per heavy atom. The topological polar surface area (TPSA) is 98.5 Å². The van der Waals surface area contributed by atoms with Gasteiger partial charge in [-0.3, -0.25) is 19.7 Å². The van der Waals surface area contributed by atoms with Crippen molar-refractivity contribution in [2.45, 2.75) is 19.8 Å². The molecular weight excluding hydrogens is 343 g/mol. The van der Waals surface area contributed by atoms with E-state index in [1.54, 1.807) is 24.3 Å². The minimum Gasteiger partial charge on any atom is -0.494 e. The molecule has 0 spiro atoms. The van der Waals surface area contributed by atoms with Crippen LogP contribution >= 0.6 is 0 Å². The number of ketones is 1. The highest BCUT2D eigenvalue weighted by molar-refractivity contribution is 5.94. The highest BCUT2D eigenvalue weighted by Gasteiger charge is 2.15. The van der Waals surface area contributed by atoms with E-state index in [4.69, 9.17) is 4.74 Å². The van der Waals surface area contributed by atoms with Crippen molar-refractivity contribution >= 4 is 23.1 Å². The van der Waals surface area contributed by atoms with Crippen LogP contribution in [-0.4, -0.2) is 23.2 Å². The third-order valence-corrected chi connectivity index (χ3v) is 3.50. The van der Waals surface area contributed by atoms with Gasteiger partial charge in [-0.2, -0.15) is 4.39 Å². The van der Waals surface area contributed by atoms with Gasteiger partial charge in [-0.1, -0.05) is 0 Å². The number of nitro benzene ring substituents is 1. The SMILES string of the molecule is CC(=O)c1ccc(OCCCC(=O)Nc2ccc(F)c([N+](=O)[O-])c2)cc1. The number of nitrogens with zero attached hydrogens (tertiary/aromatic N) is 1. The average Bonchev–Trinajstić information content (AvgIpc) is 2.60. The van der Waals surface area contributed by atoms with Crippen LogP contribution in [0.2, 0.25) is 0 Å². The van der Waals surface area contributed by atoms with Gasteiger partial charge in [0.2, 0.25) is 11.7 Å². The summed E-state index contributed by atoms with van der Waals surface area (Å²) in [5.41, 5.74) is 0.0501. The molecule has 0 atom stereocenters. The van der Waals surface area contributed by atoms with Crippen LogP contribution in [0.4, 0.5) is 15.8 Å². The predicted octanol–water partition coefficient (Wildman–Crippen LogP) is 3.73. The molecule has 0 saturated heterocycles. The molecule has 0 fully saturated rings. The lowest BCUT2D eigenvalue weighted by molar-refractivity contribution is -0.387. The number of Topliss-reactive ketones (excluding diaryl/α,β-unsaturated/α-hetero) is 1. The number of nitro groups is 1. The predicted molar refractivity (Wildman–Crippen MR) is 92.9 cm³/mol. The highest BCUT2D eigenvalue weighted by Crippen LogP contribution is 2.21. The zero-order chi connectivity index (χ0) is 19.1. The molecule has 7 nitrogen and oxygen atoms in total. The molecule has 2 aromatic rings. The molecule has 0 bridgehead atoms. The van der Waals surface area contributed by atoms with Crippen LogP contribution in [0.25, 0.3) is 0 Å². The van der Waals surface area contributed by atoms with Gasteiger partial charge < -0.3 is 10.1 Å². The van der Waals surface area contributed by atoms with Gasteiger partial charge in [0.25, 0.3) is 0 Å². The Labute approximate surface area is 148 Å². The molecule has 0 aromatic heterocycles. The number of carbonyl (C=O) groups excluding carboxylic acids is 2. The second-order valence-corrected chi connectivity index (χ2v) is 5.50. The van der Waals surface area contributed by atoms with Crippen molar-refractivity contribution < 1.29 is 23.6 Å². The monoisotopic (exact) mass is 360 g/mol. The summed E-state index contributed by atoms with van der Waals surface area (Å²) < 4.78 is 18.7. The number of benzene rings is 2. The van der Waals surface area contributed by atoms with E-state index < -0.39 is 16.4 Å². The van der Waals surface area contributed by atoms with Gasteiger partial charge in [-0.15, -0.1) is 0 Å². The maximum absolute atomic E-state index is 13.2. The molecule has 2 rings (SSSR count). The van der Waals surface area contributed by atoms with Crippen molar-refractivity contribution in [3.63, 3.8) is 0 Å². The summed E-state index contributed by atoms with van der Waals surface area (Å²) in [4.78, 5) is 32.8. The first-order valence-electron chi connectivity index (χ1n) is 7.84. The molecular formula is C18H17FN2O5. The van der Waals surface area contributed by atoms with E-state index in [0.29, 0.717) is 17.7 Å². The number of amides is 1. The van der Waals surface area contributed by atoms with Gasteiger partial charge in [0.1, 0.15) is 5.75 Å². The lowest BCUT2D eigenvalue weighted by Gasteiger charge is -2.08. The van der Waals surface area contributed by atoms with Crippen LogP contribution in [0.3, 0.4) is 0 Å². The van der Waals surface area contributed by atoms with Crippen molar-refractivity contribution in [3.05, 3.63) is 64.0 Å². The van der Waals surface area contributed by atoms with Crippen LogP contribution in [0.15, 0.2) is 42.5 Å². The number of hydrogen-bond donors (Lipinski definition) is 1. The molecule has 0 aliphatic carbocycles. The standard InChI is InChI=1S/C18H17FN2O5/c1-12(22)13-4-7-15(8-5-13)26-10-2-3-18(23)20-14-6-9-16(19)17(11-14)21(24)25/h4-9,11H,2-3,10H2,1H3,(H,20,23). The van der Waals surface area contributed by atoms with E-state index in [1.165, 1.54) is 13.0 Å². The number of carbonyl (C=O) groups is 2. The second-order valence-electron chi connectivity index (χ2n) is 5.50. The molecule has 0 saturated carbocycles. The van der Waals surface area contributed by atoms with E-state index in [9.17, 15) is 24.1 Å². The molecule has 136 valence electrons. The van der Waals surface area contributed by atoms with E-state index in [2.05, 4.69) is 5.32 Å². The molecule has 2 aromatic carbocycles. The molecule has 0 unspecified atom stereocenters. The van der Waals surface area contributed by atoms with Gasteiger partial charge in [-0.25, -0.2) is 0 Å². The van der Waals surface area contributed by atoms with Gasteiger partial charge in [0, 0.05) is 23.7 Å². The summed E-state index contributed by atoms with van der Waals surface area (Å²) in [7, 11) is 0. The Kier molecular flexibility index (Phi) is 6.37. The van der Waals surface area contributed by atoms with Gasteiger partial charge in [0.15, 0.2) is 5.78 Å². The Bertz CT molecular complexity index is 821. The first kappa shape index (κ1) is 19.0. The summed E-state index contributed by atoms with van der Waals surface area (Å²) in [6.07, 6.45) is 0.556. The van der Waals surface area contributed by atoms with Crippen LogP contribution in [0.5, 0.6) is 5.75 Å². The van der Waals surface area contributed by atoms with Crippen LogP contribution in [-0.2, 0) is 4.79 Å². The minimum absolute atomic E-state index is 0.0331. The van der Waals surface area contributed by atoms with E-state index in [-0.39, 0.29) is 30.4 Å². The zero-order valence-corrected chi connectivity index (χ0v) is 14.0. The van der Waals surface area contributed by atoms with Crippen LogP contribution in [0, 0.1) is 15.9 Å². The number of anilines is 1. The van der Waals surface area contributed by atoms with Crippen molar-refractivity contribution in [3.8, 4) is 5.75 Å². The van der Waals surface area contributed by atoms with Gasteiger partial charge in [0.05, 0.1) is 11.5 Å². The molecule has 8 heteroatoms. The van der Waals surface area contributed by atoms with Gasteiger partial charge >= 0.3 is 5.69 Å². The average molecular weight is 360 g/mol. The lowest BCUT2D eigenvalue weighted by atomic mass is 10.1. The summed E-state index contributed by atoms with van der Waals surface area (Å²) in [5, 5.41) is 13.2. The summed E-state index contributed by atoms with van der Waals surface area (Å²) in [6, 6.07) is 9.83. The molecule has 26 heavy (non-hydrogen) atoms. The quantitative estimate of drug-likeness (QED) is 0.335. The third kappa shape index (κ3) is 5.37. The second kappa shape index (κ2) is 8.70. The summed E-state index contributed by atoms with van der Waals surface area (Å²) in [6.45, 7) is 1.76. The molecule has 0 aliphatic heterocycles. The number of halogens is 1. The van der Waals surface area contributed by atoms with Crippen LogP contribution in [0.1, 0.15) is 30.1 Å². The molecule has 1 amide bonds. The van der Waals surface area contributed by atoms with E-state index in [0.717, 1.165) is 12.1 Å². The Balaban J connectivity index is 1.78. The summed E-state index contributed by atoms with van der Waals surface area (Å²) in [5.74, 6) is -0.766. The fourth-order valence-electron chi connectivity index (χ4n) is 2.16. The van der Waals surface area contributed by atoms with Crippen molar-refractivity contribution in [1.29, 1.82) is 0 Å². The Morgan fingerprint density at radius 3 is 2.50 bits per heavy atom. The Morgan fingerprint density at radius 1 is 1.19 bits per heavy atom. The first-order valence-corrected chi connectivity index (χ1v) is 7.84. The highest BCUT2D eigenvalue weighted by atomic mass is 19.1. The minimum atomic E-state index is -0.961. The lowest BCUT2D eigenvalue weighted by Crippen LogP contribution is -2.13. The Hall–Kier alpha value is -3.29. The normalized spacial score (nSPS) is 10.2. The van der Waals surface area contributed by atoms with Gasteiger partial charge in [-0.05, 0) is 49.7 Å². The molecule has 0 radical (unpaired) electrons. The number of nitrogens with one attached hydrogen (secondary N) is 1. The van der Waals surface area contributed by atoms with E-state index >= 15 is 0 Å². The fourth-order valence-corrected chi connectivity index (χ4v) is 2.16. The smallest absolute Gasteiger partial charge is 0.306 e. The van der Waals surface area contributed by atoms with Crippen molar-refractivity contribution in [2.24, 2.45) is 0 Å². The number of rotatable bonds is 8. The molecule has 0 heterocycles. The molecule has 1 N–H and O–H groups in total. The maximum Gasteiger partial charge on any atom is 0.306 e. The largest absolute Gasteiger partial charge is 0.494 e. The van der Waals surface area contributed by atoms with Crippen molar-refractivity contribution in [2.75, 3.05) is 11.9 Å². The van der Waals surface area contributed by atoms with Crippen LogP contribution < -0.4 is 10.1 Å². The third-order valence-electron chi connectivity index (χ3n) is 3.50. The maximum atomic E-state index is 13.2. The number of hydrogen-bond acceptors (Lipinski definition) is 5. The van der Waals surface area contributed by atoms with E-state index in [1.807, 2.05) is 0 Å². The number of ether oxygens (including phenoxy) is 1. The molecule has 0 aliphatic rings. The zero-order valence-electron chi connectivity index (χ0n) is 14.0. The first-order chi connectivity index (χ1) is 12.4. The summed E-state index contributed by atoms with van der Waals surface area (Å²) >= 11 is 0.